The molecule has 1 aliphatic heterocycles. The Morgan fingerprint density at radius 1 is 1.33 bits per heavy atom. The maximum absolute atomic E-state index is 11.2. The zero-order valence-electron chi connectivity index (χ0n) is 9.19. The van der Waals surface area contributed by atoms with Crippen molar-refractivity contribution < 1.29 is 14.6 Å². The molecule has 0 spiro atoms. The van der Waals surface area contributed by atoms with Gasteiger partial charge in [0.25, 0.3) is 0 Å². The Kier molecular flexibility index (Phi) is 3.26. The van der Waals surface area contributed by atoms with E-state index in [4.69, 9.17) is 4.74 Å². The molecular weight excluding hydrogens is 194 g/mol. The number of hydrogen-bond donors (Lipinski definition) is 1. The van der Waals surface area contributed by atoms with Gasteiger partial charge in [0.15, 0.2) is 0 Å². The first kappa shape index (κ1) is 10.9. The van der Waals surface area contributed by atoms with E-state index in [1.54, 1.807) is 7.11 Å². The number of rotatable bonds is 4. The van der Waals surface area contributed by atoms with Gasteiger partial charge < -0.3 is 9.84 Å². The van der Waals surface area contributed by atoms with Gasteiger partial charge >= 0.3 is 5.97 Å². The molecule has 1 heterocycles. The molecular formula is C11H19NO3. The molecule has 2 aliphatic rings. The summed E-state index contributed by atoms with van der Waals surface area (Å²) in [5.41, 5.74) is 0. The van der Waals surface area contributed by atoms with Crippen molar-refractivity contribution >= 4 is 5.97 Å². The smallest absolute Gasteiger partial charge is 0.321 e. The number of aliphatic carboxylic acids is 1. The molecule has 2 fully saturated rings. The summed E-state index contributed by atoms with van der Waals surface area (Å²) >= 11 is 0. The maximum atomic E-state index is 11.2. The summed E-state index contributed by atoms with van der Waals surface area (Å²) in [6.07, 6.45) is 4.43. The van der Waals surface area contributed by atoms with Crippen LogP contribution in [0.15, 0.2) is 0 Å². The van der Waals surface area contributed by atoms with Crippen molar-refractivity contribution in [2.45, 2.75) is 37.8 Å². The number of piperidine rings is 1. The van der Waals surface area contributed by atoms with E-state index in [0.717, 1.165) is 38.8 Å². The molecule has 0 aromatic rings. The number of hydrogen-bond acceptors (Lipinski definition) is 3. The molecule has 0 amide bonds. The van der Waals surface area contributed by atoms with E-state index >= 15 is 0 Å². The number of methoxy groups -OCH3 is 1. The highest BCUT2D eigenvalue weighted by atomic mass is 16.5. The number of ether oxygens (including phenoxy) is 1. The van der Waals surface area contributed by atoms with Crippen LogP contribution in [-0.2, 0) is 9.53 Å². The van der Waals surface area contributed by atoms with Crippen molar-refractivity contribution in [3.05, 3.63) is 0 Å². The second-order valence-electron chi connectivity index (χ2n) is 4.59. The highest BCUT2D eigenvalue weighted by molar-refractivity contribution is 5.74. The zero-order chi connectivity index (χ0) is 10.8. The van der Waals surface area contributed by atoms with Crippen molar-refractivity contribution in [3.8, 4) is 0 Å². The lowest BCUT2D eigenvalue weighted by atomic mass is 10.0. The van der Waals surface area contributed by atoms with Gasteiger partial charge in [-0.25, -0.2) is 0 Å². The van der Waals surface area contributed by atoms with Crippen LogP contribution in [0.3, 0.4) is 0 Å². The van der Waals surface area contributed by atoms with Gasteiger partial charge in [-0.1, -0.05) is 0 Å². The normalized spacial score (nSPS) is 26.5. The molecule has 4 nitrogen and oxygen atoms in total. The van der Waals surface area contributed by atoms with Crippen LogP contribution < -0.4 is 0 Å². The summed E-state index contributed by atoms with van der Waals surface area (Å²) in [6, 6.07) is -0.234. The van der Waals surface area contributed by atoms with Gasteiger partial charge in [0, 0.05) is 20.2 Å². The van der Waals surface area contributed by atoms with Gasteiger partial charge in [0.05, 0.1) is 6.10 Å². The molecule has 1 atom stereocenters. The van der Waals surface area contributed by atoms with Crippen molar-refractivity contribution in [3.63, 3.8) is 0 Å². The summed E-state index contributed by atoms with van der Waals surface area (Å²) in [5, 5.41) is 9.19. The Hall–Kier alpha value is -0.610. The number of likely N-dealkylation sites (tertiary alicyclic amines) is 1. The first-order valence-corrected chi connectivity index (χ1v) is 5.72. The van der Waals surface area contributed by atoms with Crippen LogP contribution in [0.1, 0.15) is 25.7 Å². The van der Waals surface area contributed by atoms with Crippen LogP contribution in [0.25, 0.3) is 0 Å². The molecule has 1 saturated heterocycles. The molecule has 0 radical (unpaired) electrons. The molecule has 0 aromatic carbocycles. The molecule has 1 unspecified atom stereocenters. The molecule has 86 valence electrons. The minimum atomic E-state index is -0.645. The molecule has 1 saturated carbocycles. The van der Waals surface area contributed by atoms with Crippen molar-refractivity contribution in [1.82, 2.24) is 4.90 Å². The van der Waals surface area contributed by atoms with Gasteiger partial charge in [-0.15, -0.1) is 0 Å². The number of carbonyl (C=O) groups is 1. The molecule has 0 bridgehead atoms. The lowest BCUT2D eigenvalue weighted by molar-refractivity contribution is -0.145. The first-order chi connectivity index (χ1) is 7.22. The second kappa shape index (κ2) is 4.49. The summed E-state index contributed by atoms with van der Waals surface area (Å²) in [6.45, 7) is 1.73. The predicted octanol–water partition coefficient (Wildman–Crippen LogP) is 0.960. The van der Waals surface area contributed by atoms with Crippen LogP contribution in [0.4, 0.5) is 0 Å². The minimum absolute atomic E-state index is 0.234. The van der Waals surface area contributed by atoms with Crippen LogP contribution in [0, 0.1) is 5.92 Å². The van der Waals surface area contributed by atoms with Gasteiger partial charge in [0.1, 0.15) is 6.04 Å². The fourth-order valence-corrected chi connectivity index (χ4v) is 2.46. The Bertz CT molecular complexity index is 232. The summed E-state index contributed by atoms with van der Waals surface area (Å²) < 4.78 is 5.28. The topological polar surface area (TPSA) is 49.8 Å². The Balaban J connectivity index is 1.89. The number of nitrogens with zero attached hydrogens (tertiary/aromatic N) is 1. The van der Waals surface area contributed by atoms with Gasteiger partial charge in [-0.05, 0) is 31.6 Å². The molecule has 0 aromatic heterocycles. The fraction of sp³-hybridized carbons (Fsp3) is 0.909. The SMILES string of the molecule is COC1CCN(C(C(=O)O)C2CC2)CC1. The Morgan fingerprint density at radius 3 is 2.33 bits per heavy atom. The van der Waals surface area contributed by atoms with Crippen LogP contribution in [-0.4, -0.2) is 48.3 Å². The summed E-state index contributed by atoms with van der Waals surface area (Å²) in [5.74, 6) is -0.241. The van der Waals surface area contributed by atoms with Gasteiger partial charge in [0.2, 0.25) is 0 Å². The Labute approximate surface area is 90.2 Å². The average Bonchev–Trinajstić information content (AvgIpc) is 3.03. The van der Waals surface area contributed by atoms with Crippen LogP contribution >= 0.6 is 0 Å². The van der Waals surface area contributed by atoms with E-state index < -0.39 is 5.97 Å². The van der Waals surface area contributed by atoms with E-state index in [-0.39, 0.29) is 6.04 Å². The highest BCUT2D eigenvalue weighted by Crippen LogP contribution is 2.36. The zero-order valence-corrected chi connectivity index (χ0v) is 9.19. The summed E-state index contributed by atoms with van der Waals surface area (Å²) in [7, 11) is 1.73. The van der Waals surface area contributed by atoms with Gasteiger partial charge in [-0.2, -0.15) is 0 Å². The van der Waals surface area contributed by atoms with Gasteiger partial charge in [-0.3, -0.25) is 9.69 Å². The minimum Gasteiger partial charge on any atom is -0.480 e. The quantitative estimate of drug-likeness (QED) is 0.755. The predicted molar refractivity (Wildman–Crippen MR) is 55.8 cm³/mol. The van der Waals surface area contributed by atoms with E-state index in [1.165, 1.54) is 0 Å². The third-order valence-electron chi connectivity index (χ3n) is 3.52. The van der Waals surface area contributed by atoms with Crippen molar-refractivity contribution in [1.29, 1.82) is 0 Å². The fourth-order valence-electron chi connectivity index (χ4n) is 2.46. The Morgan fingerprint density at radius 2 is 1.93 bits per heavy atom. The van der Waals surface area contributed by atoms with Crippen LogP contribution in [0.5, 0.6) is 0 Å². The maximum Gasteiger partial charge on any atom is 0.321 e. The lowest BCUT2D eigenvalue weighted by Crippen LogP contribution is -2.48. The number of carboxylic acids is 1. The molecule has 1 N–H and O–H groups in total. The molecule has 4 heteroatoms. The largest absolute Gasteiger partial charge is 0.480 e. The second-order valence-corrected chi connectivity index (χ2v) is 4.59. The molecule has 2 rings (SSSR count). The lowest BCUT2D eigenvalue weighted by Gasteiger charge is -2.35. The standard InChI is InChI=1S/C11H19NO3/c1-15-9-4-6-12(7-5-9)10(11(13)14)8-2-3-8/h8-10H,2-7H2,1H3,(H,13,14). The average molecular weight is 213 g/mol. The van der Waals surface area contributed by atoms with E-state index in [2.05, 4.69) is 4.90 Å². The first-order valence-electron chi connectivity index (χ1n) is 5.72. The molecule has 1 aliphatic carbocycles. The third kappa shape index (κ3) is 2.49. The number of carboxylic acid groups (broad SMARTS) is 1. The highest BCUT2D eigenvalue weighted by Gasteiger charge is 2.41. The van der Waals surface area contributed by atoms with E-state index in [9.17, 15) is 9.90 Å². The monoisotopic (exact) mass is 213 g/mol. The van der Waals surface area contributed by atoms with E-state index in [1.807, 2.05) is 0 Å². The summed E-state index contributed by atoms with van der Waals surface area (Å²) in [4.78, 5) is 13.3. The van der Waals surface area contributed by atoms with Crippen LogP contribution in [0.2, 0.25) is 0 Å². The van der Waals surface area contributed by atoms with Crippen molar-refractivity contribution in [2.24, 2.45) is 5.92 Å². The molecule has 15 heavy (non-hydrogen) atoms. The van der Waals surface area contributed by atoms with Crippen molar-refractivity contribution in [2.75, 3.05) is 20.2 Å². The third-order valence-corrected chi connectivity index (χ3v) is 3.52. The van der Waals surface area contributed by atoms with E-state index in [0.29, 0.717) is 12.0 Å².